The van der Waals surface area contributed by atoms with Crippen molar-refractivity contribution in [2.24, 2.45) is 0 Å². The minimum Gasteiger partial charge on any atom is -0.192 e. The first kappa shape index (κ1) is 20.0. The van der Waals surface area contributed by atoms with E-state index in [1.165, 1.54) is 54.9 Å². The molecule has 1 aliphatic carbocycles. The molecule has 35 heavy (non-hydrogen) atoms. The second kappa shape index (κ2) is 7.05. The molecular formula is C34H23N. The second-order valence-corrected chi connectivity index (χ2v) is 10.0. The lowest BCUT2D eigenvalue weighted by atomic mass is 9.66. The van der Waals surface area contributed by atoms with Gasteiger partial charge >= 0.3 is 0 Å². The molecule has 1 aliphatic rings. The van der Waals surface area contributed by atoms with Crippen molar-refractivity contribution < 1.29 is 0 Å². The molecule has 0 atom stereocenters. The van der Waals surface area contributed by atoms with Crippen molar-refractivity contribution in [3.8, 4) is 28.3 Å². The lowest BCUT2D eigenvalue weighted by Crippen LogP contribution is -2.24. The second-order valence-electron chi connectivity index (χ2n) is 10.0. The molecule has 0 bridgehead atoms. The molecule has 6 aromatic rings. The Morgan fingerprint density at radius 2 is 1.17 bits per heavy atom. The van der Waals surface area contributed by atoms with Crippen LogP contribution in [-0.4, -0.2) is 0 Å². The van der Waals surface area contributed by atoms with E-state index in [1.54, 1.807) is 0 Å². The SMILES string of the molecule is CC1(C)c2ccccc2-c2cccc3c(-c4ccc(C#N)c5ccccc45)c4ccccc4c1c23. The maximum Gasteiger partial charge on any atom is 0.0998 e. The molecule has 6 aromatic carbocycles. The van der Waals surface area contributed by atoms with Gasteiger partial charge in [0.2, 0.25) is 0 Å². The van der Waals surface area contributed by atoms with Crippen molar-refractivity contribution in [1.82, 2.24) is 0 Å². The van der Waals surface area contributed by atoms with Crippen LogP contribution in [0.25, 0.3) is 54.6 Å². The average Bonchev–Trinajstić information content (AvgIpc) is 2.90. The summed E-state index contributed by atoms with van der Waals surface area (Å²) in [7, 11) is 0. The molecule has 0 aliphatic heterocycles. The fourth-order valence-electron chi connectivity index (χ4n) is 6.40. The normalized spacial score (nSPS) is 13.6. The highest BCUT2D eigenvalue weighted by Gasteiger charge is 2.35. The molecule has 164 valence electrons. The minimum atomic E-state index is -0.131. The van der Waals surface area contributed by atoms with Crippen LogP contribution in [0.5, 0.6) is 0 Å². The lowest BCUT2D eigenvalue weighted by Gasteiger charge is -2.37. The Hall–Kier alpha value is -4.41. The van der Waals surface area contributed by atoms with Crippen molar-refractivity contribution in [3.05, 3.63) is 120 Å². The zero-order chi connectivity index (χ0) is 23.7. The van der Waals surface area contributed by atoms with Crippen LogP contribution < -0.4 is 0 Å². The summed E-state index contributed by atoms with van der Waals surface area (Å²) < 4.78 is 0. The van der Waals surface area contributed by atoms with Gasteiger partial charge < -0.3 is 0 Å². The number of nitrogens with zero attached hydrogens (tertiary/aromatic N) is 1. The number of benzene rings is 6. The maximum absolute atomic E-state index is 9.75. The predicted molar refractivity (Wildman–Crippen MR) is 147 cm³/mol. The molecular weight excluding hydrogens is 422 g/mol. The van der Waals surface area contributed by atoms with E-state index in [9.17, 15) is 5.26 Å². The zero-order valence-electron chi connectivity index (χ0n) is 19.8. The van der Waals surface area contributed by atoms with Gasteiger partial charge in [0.25, 0.3) is 0 Å². The Morgan fingerprint density at radius 1 is 0.543 bits per heavy atom. The van der Waals surface area contributed by atoms with Crippen LogP contribution in [0, 0.1) is 11.3 Å². The highest BCUT2D eigenvalue weighted by Crippen LogP contribution is 2.54. The Morgan fingerprint density at radius 3 is 1.97 bits per heavy atom. The zero-order valence-corrected chi connectivity index (χ0v) is 19.8. The van der Waals surface area contributed by atoms with Gasteiger partial charge in [0.05, 0.1) is 11.6 Å². The molecule has 1 nitrogen and oxygen atoms in total. The molecule has 0 saturated heterocycles. The van der Waals surface area contributed by atoms with Gasteiger partial charge in [0, 0.05) is 10.8 Å². The minimum absolute atomic E-state index is 0.131. The summed E-state index contributed by atoms with van der Waals surface area (Å²) >= 11 is 0. The molecule has 7 rings (SSSR count). The van der Waals surface area contributed by atoms with Gasteiger partial charge in [-0.1, -0.05) is 111 Å². The third kappa shape index (κ3) is 2.57. The summed E-state index contributed by atoms with van der Waals surface area (Å²) in [6.45, 7) is 4.72. The monoisotopic (exact) mass is 445 g/mol. The summed E-state index contributed by atoms with van der Waals surface area (Å²) in [5.74, 6) is 0. The van der Waals surface area contributed by atoms with Crippen molar-refractivity contribution in [2.75, 3.05) is 0 Å². The van der Waals surface area contributed by atoms with Gasteiger partial charge in [-0.05, 0) is 66.4 Å². The number of hydrogen-bond donors (Lipinski definition) is 0. The summed E-state index contributed by atoms with van der Waals surface area (Å²) in [6, 6.07) is 39.2. The molecule has 0 unspecified atom stereocenters. The van der Waals surface area contributed by atoms with Gasteiger partial charge in [-0.3, -0.25) is 0 Å². The molecule has 0 amide bonds. The van der Waals surface area contributed by atoms with E-state index >= 15 is 0 Å². The van der Waals surface area contributed by atoms with Crippen LogP contribution >= 0.6 is 0 Å². The smallest absolute Gasteiger partial charge is 0.0998 e. The number of rotatable bonds is 1. The first-order chi connectivity index (χ1) is 17.1. The van der Waals surface area contributed by atoms with Crippen molar-refractivity contribution in [2.45, 2.75) is 19.3 Å². The van der Waals surface area contributed by atoms with Crippen LogP contribution in [-0.2, 0) is 5.41 Å². The van der Waals surface area contributed by atoms with Crippen LogP contribution in [0.1, 0.15) is 30.5 Å². The van der Waals surface area contributed by atoms with Crippen LogP contribution in [0.3, 0.4) is 0 Å². The largest absolute Gasteiger partial charge is 0.192 e. The number of hydrogen-bond acceptors (Lipinski definition) is 1. The van der Waals surface area contributed by atoms with Crippen LogP contribution in [0.2, 0.25) is 0 Å². The van der Waals surface area contributed by atoms with E-state index in [0.717, 1.165) is 10.8 Å². The molecule has 0 heterocycles. The molecule has 0 aromatic heterocycles. The molecule has 1 heteroatoms. The van der Waals surface area contributed by atoms with Gasteiger partial charge in [-0.2, -0.15) is 5.26 Å². The fourth-order valence-corrected chi connectivity index (χ4v) is 6.40. The highest BCUT2D eigenvalue weighted by molar-refractivity contribution is 6.22. The summed E-state index contributed by atoms with van der Waals surface area (Å²) in [6.07, 6.45) is 0. The molecule has 0 saturated carbocycles. The highest BCUT2D eigenvalue weighted by atomic mass is 14.4. The molecule has 0 radical (unpaired) electrons. The standard InChI is InChI=1S/C34H23N/c1-34(2)30-17-8-7-12-24(30)25-15-9-16-29-31(26-13-5-6-14-28(26)33(34)32(25)29)27-19-18-21(20-35)22-10-3-4-11-23(22)27/h3-19H,1-2H3. The number of fused-ring (bicyclic) bond motifs is 5. The van der Waals surface area contributed by atoms with Gasteiger partial charge in [0.15, 0.2) is 0 Å². The van der Waals surface area contributed by atoms with E-state index < -0.39 is 0 Å². The van der Waals surface area contributed by atoms with Crippen LogP contribution in [0.4, 0.5) is 0 Å². The average molecular weight is 446 g/mol. The Bertz CT molecular complexity index is 1880. The fraction of sp³-hybridized carbons (Fsp3) is 0.0882. The van der Waals surface area contributed by atoms with Crippen molar-refractivity contribution in [3.63, 3.8) is 0 Å². The quantitative estimate of drug-likeness (QED) is 0.232. The van der Waals surface area contributed by atoms with Gasteiger partial charge in [-0.15, -0.1) is 0 Å². The lowest BCUT2D eigenvalue weighted by molar-refractivity contribution is 0.651. The van der Waals surface area contributed by atoms with E-state index in [2.05, 4.69) is 111 Å². The van der Waals surface area contributed by atoms with Crippen molar-refractivity contribution in [1.29, 1.82) is 5.26 Å². The number of nitriles is 1. The van der Waals surface area contributed by atoms with Crippen LogP contribution in [0.15, 0.2) is 103 Å². The Labute approximate surface area is 204 Å². The first-order valence-electron chi connectivity index (χ1n) is 12.1. The van der Waals surface area contributed by atoms with E-state index in [0.29, 0.717) is 5.56 Å². The van der Waals surface area contributed by atoms with Gasteiger partial charge in [-0.25, -0.2) is 0 Å². The van der Waals surface area contributed by atoms with E-state index in [4.69, 9.17) is 0 Å². The third-order valence-corrected chi connectivity index (χ3v) is 7.88. The predicted octanol–water partition coefficient (Wildman–Crippen LogP) is 8.99. The van der Waals surface area contributed by atoms with E-state index in [1.807, 2.05) is 12.1 Å². The third-order valence-electron chi connectivity index (χ3n) is 7.88. The topological polar surface area (TPSA) is 23.8 Å². The Kier molecular flexibility index (Phi) is 4.03. The molecule has 0 N–H and O–H groups in total. The summed E-state index contributed by atoms with van der Waals surface area (Å²) in [5, 5.41) is 17.1. The molecule has 0 spiro atoms. The maximum atomic E-state index is 9.75. The Balaban J connectivity index is 1.75. The summed E-state index contributed by atoms with van der Waals surface area (Å²) in [5.41, 5.74) is 8.41. The van der Waals surface area contributed by atoms with E-state index in [-0.39, 0.29) is 5.41 Å². The first-order valence-corrected chi connectivity index (χ1v) is 12.1. The molecule has 0 fully saturated rings. The van der Waals surface area contributed by atoms with Gasteiger partial charge in [0.1, 0.15) is 0 Å². The summed E-state index contributed by atoms with van der Waals surface area (Å²) in [4.78, 5) is 0. The van der Waals surface area contributed by atoms with Crippen molar-refractivity contribution >= 4 is 32.3 Å².